The average molecular weight is 87.2 g/mol. The Labute approximate surface area is 42.0 Å². The van der Waals surface area contributed by atoms with Crippen LogP contribution in [0.25, 0.3) is 0 Å². The van der Waals surface area contributed by atoms with Gasteiger partial charge in [-0.1, -0.05) is 34.1 Å². The van der Waals surface area contributed by atoms with Gasteiger partial charge in [-0.15, -0.1) is 0 Å². The van der Waals surface area contributed by atoms with E-state index in [-0.39, 0.29) is 1.43 Å². The molecule has 0 rings (SSSR count). The van der Waals surface area contributed by atoms with Crippen LogP contribution < -0.4 is 0 Å². The van der Waals surface area contributed by atoms with Crippen molar-refractivity contribution in [1.29, 1.82) is 0 Å². The first kappa shape index (κ1) is 6.00. The topological polar surface area (TPSA) is 0 Å². The van der Waals surface area contributed by atoms with Crippen molar-refractivity contribution in [3.8, 4) is 0 Å². The Morgan fingerprint density at radius 1 is 1.33 bits per heavy atom. The third-order valence-corrected chi connectivity index (χ3v) is 1.06. The third-order valence-electron chi connectivity index (χ3n) is 1.06. The monoisotopic (exact) mass is 87.1 g/mol. The van der Waals surface area contributed by atoms with Crippen molar-refractivity contribution in [2.75, 3.05) is 0 Å². The third kappa shape index (κ3) is 4.00. The molecule has 0 nitrogen and oxygen atoms in total. The van der Waals surface area contributed by atoms with E-state index in [1.54, 1.807) is 0 Å². The summed E-state index contributed by atoms with van der Waals surface area (Å²) in [4.78, 5) is 0. The maximum Gasteiger partial charge on any atom is 1.00 e. The minimum Gasteiger partial charge on any atom is -0.0649 e. The zero-order valence-electron chi connectivity index (χ0n) is 6.21. The van der Waals surface area contributed by atoms with Crippen LogP contribution in [0.15, 0.2) is 0 Å². The lowest BCUT2D eigenvalue weighted by molar-refractivity contribution is 0.398. The van der Waals surface area contributed by atoms with Crippen LogP contribution in [-0.2, 0) is 0 Å². The minimum absolute atomic E-state index is 0. The van der Waals surface area contributed by atoms with Crippen molar-refractivity contribution in [3.63, 3.8) is 0 Å². The first-order valence-electron chi connectivity index (χ1n) is 2.56. The van der Waals surface area contributed by atoms with Crippen molar-refractivity contribution < 1.29 is 1.43 Å². The van der Waals surface area contributed by atoms with Crippen LogP contribution in [0.4, 0.5) is 0 Å². The summed E-state index contributed by atoms with van der Waals surface area (Å²) < 4.78 is 0. The lowest BCUT2D eigenvalue weighted by Crippen LogP contribution is -2.00. The van der Waals surface area contributed by atoms with Crippen molar-refractivity contribution in [2.45, 2.75) is 34.1 Å². The van der Waals surface area contributed by atoms with Gasteiger partial charge in [0.2, 0.25) is 0 Å². The molecule has 6 heavy (non-hydrogen) atoms. The Hall–Kier alpha value is 0. The fourth-order valence-electron chi connectivity index (χ4n) is 0. The molecule has 0 aromatic carbocycles. The summed E-state index contributed by atoms with van der Waals surface area (Å²) in [5, 5.41) is 0. The quantitative estimate of drug-likeness (QED) is 0.426. The molecule has 0 radical (unpaired) electrons. The van der Waals surface area contributed by atoms with Gasteiger partial charge in [-0.2, -0.15) is 0 Å². The van der Waals surface area contributed by atoms with Crippen LogP contribution >= 0.6 is 0 Å². The molecule has 0 amide bonds. The molecular formula is C6H15+. The second-order valence-electron chi connectivity index (χ2n) is 2.91. The van der Waals surface area contributed by atoms with E-state index in [1.165, 1.54) is 6.42 Å². The number of rotatable bonds is 0. The fraction of sp³-hybridized carbons (Fsp3) is 1.00. The van der Waals surface area contributed by atoms with Gasteiger partial charge in [0.05, 0.1) is 0 Å². The Kier molecular flexibility index (Phi) is 1.63. The highest BCUT2D eigenvalue weighted by Gasteiger charge is 2.03. The Morgan fingerprint density at radius 2 is 1.50 bits per heavy atom. The Balaban J connectivity index is 0. The van der Waals surface area contributed by atoms with Crippen molar-refractivity contribution in [1.82, 2.24) is 0 Å². The molecule has 38 valence electrons. The van der Waals surface area contributed by atoms with Crippen molar-refractivity contribution >= 4 is 0 Å². The molecule has 0 heteroatoms. The zero-order chi connectivity index (χ0) is 5.21. The normalized spacial score (nSPS) is 12.0. The van der Waals surface area contributed by atoms with E-state index in [0.29, 0.717) is 5.41 Å². The maximum atomic E-state index is 2.24. The summed E-state index contributed by atoms with van der Waals surface area (Å²) in [6.07, 6.45) is 1.27. The van der Waals surface area contributed by atoms with Gasteiger partial charge in [0.25, 0.3) is 0 Å². The predicted molar refractivity (Wildman–Crippen MR) is 30.9 cm³/mol. The molecule has 0 aromatic heterocycles. The molecule has 0 aliphatic rings. The van der Waals surface area contributed by atoms with Gasteiger partial charge >= 0.3 is 1.43 Å². The van der Waals surface area contributed by atoms with Crippen LogP contribution in [0.1, 0.15) is 35.5 Å². The first-order chi connectivity index (χ1) is 2.56. The van der Waals surface area contributed by atoms with Crippen molar-refractivity contribution in [3.05, 3.63) is 0 Å². The van der Waals surface area contributed by atoms with Crippen molar-refractivity contribution in [2.24, 2.45) is 5.41 Å². The smallest absolute Gasteiger partial charge is 0.0649 e. The summed E-state index contributed by atoms with van der Waals surface area (Å²) in [6.45, 7) is 8.94. The van der Waals surface area contributed by atoms with E-state index < -0.39 is 0 Å². The van der Waals surface area contributed by atoms with Crippen LogP contribution in [0.3, 0.4) is 0 Å². The molecule has 0 heterocycles. The van der Waals surface area contributed by atoms with Gasteiger partial charge in [0.15, 0.2) is 0 Å². The van der Waals surface area contributed by atoms with Crippen LogP contribution in [0.5, 0.6) is 0 Å². The average Bonchev–Trinajstić information content (AvgIpc) is 1.35. The summed E-state index contributed by atoms with van der Waals surface area (Å²) in [5.41, 5.74) is 0.542. The first-order valence-corrected chi connectivity index (χ1v) is 2.56. The molecule has 0 spiro atoms. The van der Waals surface area contributed by atoms with E-state index in [9.17, 15) is 0 Å². The molecule has 0 unspecified atom stereocenters. The summed E-state index contributed by atoms with van der Waals surface area (Å²) >= 11 is 0. The van der Waals surface area contributed by atoms with Gasteiger partial charge in [-0.25, -0.2) is 0 Å². The molecule has 0 atom stereocenters. The van der Waals surface area contributed by atoms with Gasteiger partial charge in [0.1, 0.15) is 0 Å². The van der Waals surface area contributed by atoms with Crippen LogP contribution in [0.2, 0.25) is 0 Å². The molecule has 0 N–H and O–H groups in total. The molecule has 0 saturated heterocycles. The van der Waals surface area contributed by atoms with Gasteiger partial charge < -0.3 is 0 Å². The molecular weight excluding hydrogens is 72.1 g/mol. The van der Waals surface area contributed by atoms with E-state index >= 15 is 0 Å². The van der Waals surface area contributed by atoms with Gasteiger partial charge in [0, 0.05) is 0 Å². The predicted octanol–water partition coefficient (Wildman–Crippen LogP) is 2.56. The highest BCUT2D eigenvalue weighted by atomic mass is 14.1. The summed E-state index contributed by atoms with van der Waals surface area (Å²) in [5.74, 6) is 0. The van der Waals surface area contributed by atoms with Crippen LogP contribution in [0, 0.1) is 5.41 Å². The SMILES string of the molecule is CCC(C)(C)C.[H+]. The lowest BCUT2D eigenvalue weighted by atomic mass is 9.94. The molecule has 0 saturated carbocycles. The highest BCUT2D eigenvalue weighted by molar-refractivity contribution is 4.55. The lowest BCUT2D eigenvalue weighted by Gasteiger charge is -2.12. The van der Waals surface area contributed by atoms with E-state index in [4.69, 9.17) is 0 Å². The minimum atomic E-state index is 0. The molecule has 0 aliphatic carbocycles. The second kappa shape index (κ2) is 1.63. The summed E-state index contributed by atoms with van der Waals surface area (Å²) in [7, 11) is 0. The fourth-order valence-corrected chi connectivity index (χ4v) is 0. The Bertz CT molecular complexity index is 33.9. The Morgan fingerprint density at radius 3 is 1.50 bits per heavy atom. The molecule has 0 fully saturated rings. The zero-order valence-corrected chi connectivity index (χ0v) is 5.21. The maximum absolute atomic E-state index is 2.24. The second-order valence-corrected chi connectivity index (χ2v) is 2.91. The largest absolute Gasteiger partial charge is 1.00 e. The van der Waals surface area contributed by atoms with Gasteiger partial charge in [-0.05, 0) is 5.41 Å². The summed E-state index contributed by atoms with van der Waals surface area (Å²) in [6, 6.07) is 0. The molecule has 0 aliphatic heterocycles. The van der Waals surface area contributed by atoms with E-state index in [1.807, 2.05) is 0 Å². The highest BCUT2D eigenvalue weighted by Crippen LogP contribution is 2.16. The molecule has 0 aromatic rings. The standard InChI is InChI=1S/C6H14/c1-5-6(2,3)4/h5H2,1-4H3/p+1. The van der Waals surface area contributed by atoms with E-state index in [0.717, 1.165) is 0 Å². The van der Waals surface area contributed by atoms with Crippen LogP contribution in [-0.4, -0.2) is 0 Å². The number of hydrogen-bond donors (Lipinski definition) is 0. The number of hydrogen-bond acceptors (Lipinski definition) is 0. The molecule has 0 bridgehead atoms. The van der Waals surface area contributed by atoms with E-state index in [2.05, 4.69) is 27.7 Å². The van der Waals surface area contributed by atoms with Gasteiger partial charge in [-0.3, -0.25) is 0 Å².